The molecule has 2 heterocycles. The van der Waals surface area contributed by atoms with Crippen LogP contribution in [0.2, 0.25) is 0 Å². The topological polar surface area (TPSA) is 144 Å². The molecular formula is C8H12N4O5. The standard InChI is InChI=1S/C8H12N4O5/c9-7-10-2-12(8(16)11-7)6-5(15)4(14)3(1-13)17-6/h2-6,13-15H,1H2,(H2,9,11,16)/t3-,4-,5+,6-/m1/s1. The molecule has 1 fully saturated rings. The SMILES string of the molecule is Nc1ncn([C@@H]2O[C@H](CO)[C@@H](O)[C@@H]2O)c(=O)n1. The molecule has 0 saturated carbocycles. The minimum atomic E-state index is -1.35. The van der Waals surface area contributed by atoms with Crippen molar-refractivity contribution in [1.82, 2.24) is 14.5 Å². The molecule has 9 nitrogen and oxygen atoms in total. The van der Waals surface area contributed by atoms with Gasteiger partial charge in [-0.1, -0.05) is 0 Å². The Morgan fingerprint density at radius 2 is 2.18 bits per heavy atom. The van der Waals surface area contributed by atoms with Gasteiger partial charge in [0.15, 0.2) is 6.23 Å². The van der Waals surface area contributed by atoms with E-state index < -0.39 is 36.8 Å². The van der Waals surface area contributed by atoms with Crippen LogP contribution in [0.3, 0.4) is 0 Å². The van der Waals surface area contributed by atoms with Gasteiger partial charge in [0.05, 0.1) is 6.61 Å². The summed E-state index contributed by atoms with van der Waals surface area (Å²) in [4.78, 5) is 18.4. The van der Waals surface area contributed by atoms with Crippen LogP contribution in [0.5, 0.6) is 0 Å². The number of aromatic nitrogens is 3. The van der Waals surface area contributed by atoms with E-state index in [1.165, 1.54) is 0 Å². The van der Waals surface area contributed by atoms with Gasteiger partial charge in [0, 0.05) is 0 Å². The average Bonchev–Trinajstić information content (AvgIpc) is 2.57. The minimum absolute atomic E-state index is 0.196. The Morgan fingerprint density at radius 3 is 2.71 bits per heavy atom. The van der Waals surface area contributed by atoms with Crippen LogP contribution < -0.4 is 11.4 Å². The lowest BCUT2D eigenvalue weighted by Crippen LogP contribution is -2.36. The molecule has 1 aromatic heterocycles. The van der Waals surface area contributed by atoms with Crippen molar-refractivity contribution >= 4 is 5.95 Å². The Kier molecular flexibility index (Phi) is 3.07. The molecule has 94 valence electrons. The molecule has 0 aliphatic carbocycles. The summed E-state index contributed by atoms with van der Waals surface area (Å²) >= 11 is 0. The van der Waals surface area contributed by atoms with E-state index in [0.29, 0.717) is 0 Å². The molecule has 4 atom stereocenters. The smallest absolute Gasteiger partial charge is 0.354 e. The molecule has 17 heavy (non-hydrogen) atoms. The van der Waals surface area contributed by atoms with E-state index in [9.17, 15) is 15.0 Å². The largest absolute Gasteiger partial charge is 0.394 e. The van der Waals surface area contributed by atoms with Crippen LogP contribution in [-0.2, 0) is 4.74 Å². The van der Waals surface area contributed by atoms with Crippen LogP contribution in [0.15, 0.2) is 11.1 Å². The van der Waals surface area contributed by atoms with Crippen molar-refractivity contribution in [2.45, 2.75) is 24.5 Å². The fraction of sp³-hybridized carbons (Fsp3) is 0.625. The Hall–Kier alpha value is -1.55. The quantitative estimate of drug-likeness (QED) is 0.426. The maximum absolute atomic E-state index is 11.5. The molecule has 0 amide bonds. The molecule has 1 aliphatic heterocycles. The van der Waals surface area contributed by atoms with E-state index in [1.807, 2.05) is 0 Å². The summed E-state index contributed by atoms with van der Waals surface area (Å²) in [7, 11) is 0. The zero-order valence-electron chi connectivity index (χ0n) is 8.67. The Bertz CT molecular complexity index is 463. The number of aliphatic hydroxyl groups excluding tert-OH is 3. The molecule has 0 bridgehead atoms. The second kappa shape index (κ2) is 4.37. The number of ether oxygens (including phenoxy) is 1. The second-order valence-corrected chi connectivity index (χ2v) is 3.63. The van der Waals surface area contributed by atoms with Gasteiger partial charge in [-0.05, 0) is 0 Å². The number of hydrogen-bond acceptors (Lipinski definition) is 8. The van der Waals surface area contributed by atoms with E-state index in [1.54, 1.807) is 0 Å². The van der Waals surface area contributed by atoms with Gasteiger partial charge in [-0.15, -0.1) is 0 Å². The normalized spacial score (nSPS) is 32.9. The van der Waals surface area contributed by atoms with Crippen molar-refractivity contribution in [3.63, 3.8) is 0 Å². The number of rotatable bonds is 2. The van der Waals surface area contributed by atoms with Gasteiger partial charge in [0.1, 0.15) is 24.6 Å². The van der Waals surface area contributed by atoms with Gasteiger partial charge < -0.3 is 25.8 Å². The summed E-state index contributed by atoms with van der Waals surface area (Å²) in [6.45, 7) is -0.473. The lowest BCUT2D eigenvalue weighted by molar-refractivity contribution is -0.0554. The molecule has 5 N–H and O–H groups in total. The van der Waals surface area contributed by atoms with Gasteiger partial charge in [0.2, 0.25) is 5.95 Å². The molecule has 1 aromatic rings. The highest BCUT2D eigenvalue weighted by molar-refractivity contribution is 5.10. The molecule has 0 unspecified atom stereocenters. The summed E-state index contributed by atoms with van der Waals surface area (Å²) in [6, 6.07) is 0. The summed E-state index contributed by atoms with van der Waals surface area (Å²) < 4.78 is 6.04. The second-order valence-electron chi connectivity index (χ2n) is 3.63. The van der Waals surface area contributed by atoms with Crippen molar-refractivity contribution in [1.29, 1.82) is 0 Å². The fourth-order valence-corrected chi connectivity index (χ4v) is 1.64. The zero-order valence-corrected chi connectivity index (χ0v) is 8.67. The van der Waals surface area contributed by atoms with Gasteiger partial charge in [-0.25, -0.2) is 9.78 Å². The third kappa shape index (κ3) is 2.00. The predicted octanol–water partition coefficient (Wildman–Crippen LogP) is -3.17. The monoisotopic (exact) mass is 244 g/mol. The molecule has 9 heteroatoms. The maximum Gasteiger partial charge on any atom is 0.354 e. The van der Waals surface area contributed by atoms with E-state index in [2.05, 4.69) is 9.97 Å². The van der Waals surface area contributed by atoms with Crippen LogP contribution in [0.4, 0.5) is 5.95 Å². The highest BCUT2D eigenvalue weighted by Crippen LogP contribution is 2.27. The molecule has 1 aliphatic rings. The predicted molar refractivity (Wildman–Crippen MR) is 53.7 cm³/mol. The molecule has 2 rings (SSSR count). The highest BCUT2D eigenvalue weighted by Gasteiger charge is 2.43. The Morgan fingerprint density at radius 1 is 1.47 bits per heavy atom. The van der Waals surface area contributed by atoms with Crippen molar-refractivity contribution in [3.05, 3.63) is 16.8 Å². The number of hydrogen-bond donors (Lipinski definition) is 4. The van der Waals surface area contributed by atoms with Crippen LogP contribution in [0.1, 0.15) is 6.23 Å². The molecular weight excluding hydrogens is 232 g/mol. The van der Waals surface area contributed by atoms with E-state index in [-0.39, 0.29) is 5.95 Å². The van der Waals surface area contributed by atoms with Gasteiger partial charge in [-0.2, -0.15) is 4.98 Å². The van der Waals surface area contributed by atoms with Crippen LogP contribution >= 0.6 is 0 Å². The number of aliphatic hydroxyl groups is 3. The number of nitrogens with two attached hydrogens (primary N) is 1. The highest BCUT2D eigenvalue weighted by atomic mass is 16.6. The average molecular weight is 244 g/mol. The fourth-order valence-electron chi connectivity index (χ4n) is 1.64. The lowest BCUT2D eigenvalue weighted by atomic mass is 10.1. The van der Waals surface area contributed by atoms with Crippen LogP contribution in [-0.4, -0.2) is 54.8 Å². The van der Waals surface area contributed by atoms with Gasteiger partial charge in [-0.3, -0.25) is 4.57 Å². The van der Waals surface area contributed by atoms with Crippen molar-refractivity contribution < 1.29 is 20.1 Å². The molecule has 0 radical (unpaired) electrons. The van der Waals surface area contributed by atoms with Gasteiger partial charge in [0.25, 0.3) is 0 Å². The van der Waals surface area contributed by atoms with Crippen molar-refractivity contribution in [2.24, 2.45) is 0 Å². The first-order valence-corrected chi connectivity index (χ1v) is 4.87. The number of anilines is 1. The Balaban J connectivity index is 2.32. The third-order valence-corrected chi connectivity index (χ3v) is 2.54. The molecule has 1 saturated heterocycles. The first kappa shape index (κ1) is 11.9. The Labute approximate surface area is 95.1 Å². The summed E-state index contributed by atoms with van der Waals surface area (Å²) in [6.07, 6.45) is -3.67. The zero-order chi connectivity index (χ0) is 12.6. The first-order chi connectivity index (χ1) is 8.04. The van der Waals surface area contributed by atoms with Crippen molar-refractivity contribution in [3.8, 4) is 0 Å². The third-order valence-electron chi connectivity index (χ3n) is 2.54. The van der Waals surface area contributed by atoms with Crippen LogP contribution in [0.25, 0.3) is 0 Å². The summed E-state index contributed by atoms with van der Waals surface area (Å²) in [5.74, 6) is -0.196. The lowest BCUT2D eigenvalue weighted by Gasteiger charge is -2.16. The minimum Gasteiger partial charge on any atom is -0.394 e. The van der Waals surface area contributed by atoms with Crippen LogP contribution in [0, 0.1) is 0 Å². The van der Waals surface area contributed by atoms with Crippen molar-refractivity contribution in [2.75, 3.05) is 12.3 Å². The molecule has 0 spiro atoms. The number of nitrogen functional groups attached to an aromatic ring is 1. The summed E-state index contributed by atoms with van der Waals surface area (Å²) in [5, 5.41) is 28.1. The number of nitrogens with zero attached hydrogens (tertiary/aromatic N) is 3. The van der Waals surface area contributed by atoms with E-state index >= 15 is 0 Å². The van der Waals surface area contributed by atoms with Gasteiger partial charge >= 0.3 is 5.69 Å². The van der Waals surface area contributed by atoms with E-state index in [4.69, 9.17) is 15.6 Å². The first-order valence-electron chi connectivity index (χ1n) is 4.87. The maximum atomic E-state index is 11.5. The molecule has 0 aromatic carbocycles. The van der Waals surface area contributed by atoms with E-state index in [0.717, 1.165) is 10.9 Å². The summed E-state index contributed by atoms with van der Waals surface area (Å²) in [5.41, 5.74) is 4.46.